The minimum atomic E-state index is -0.342. The van der Waals surface area contributed by atoms with Crippen LogP contribution in [0, 0.1) is 0 Å². The molecule has 17 heavy (non-hydrogen) atoms. The van der Waals surface area contributed by atoms with E-state index in [9.17, 15) is 0 Å². The topological polar surface area (TPSA) is 38.9 Å². The van der Waals surface area contributed by atoms with E-state index in [1.54, 1.807) is 6.20 Å². The van der Waals surface area contributed by atoms with Crippen LogP contribution < -0.4 is 5.73 Å². The molecule has 2 nitrogen and oxygen atoms in total. The zero-order chi connectivity index (χ0) is 12.4. The van der Waals surface area contributed by atoms with Crippen LogP contribution in [0.1, 0.15) is 17.3 Å². The average Bonchev–Trinajstić information content (AvgIpc) is 2.29. The van der Waals surface area contributed by atoms with Crippen molar-refractivity contribution >= 4 is 43.5 Å². The summed E-state index contributed by atoms with van der Waals surface area (Å²) in [7, 11) is 0. The maximum atomic E-state index is 6.18. The van der Waals surface area contributed by atoms with E-state index >= 15 is 0 Å². The first-order chi connectivity index (χ1) is 8.09. The van der Waals surface area contributed by atoms with Crippen LogP contribution in [0.2, 0.25) is 5.02 Å². The van der Waals surface area contributed by atoms with Gasteiger partial charge < -0.3 is 5.73 Å². The highest BCUT2D eigenvalue weighted by Gasteiger charge is 2.16. The van der Waals surface area contributed by atoms with Crippen molar-refractivity contribution in [1.29, 1.82) is 0 Å². The van der Waals surface area contributed by atoms with E-state index in [-0.39, 0.29) is 6.04 Å². The Hall–Kier alpha value is -0.420. The maximum absolute atomic E-state index is 6.18. The molecule has 0 saturated carbocycles. The number of aromatic nitrogens is 1. The summed E-state index contributed by atoms with van der Waals surface area (Å²) in [5.74, 6) is 0. The molecule has 0 fully saturated rings. The van der Waals surface area contributed by atoms with Gasteiger partial charge in [0.15, 0.2) is 0 Å². The summed E-state index contributed by atoms with van der Waals surface area (Å²) in [6, 6.07) is 9.09. The van der Waals surface area contributed by atoms with Gasteiger partial charge in [-0.15, -0.1) is 0 Å². The predicted octanol–water partition coefficient (Wildman–Crippen LogP) is 4.31. The molecule has 0 bridgehead atoms. The fraction of sp³-hybridized carbons (Fsp3) is 0.0833. The lowest BCUT2D eigenvalue weighted by Gasteiger charge is -2.14. The second-order valence-corrected chi connectivity index (χ2v) is 5.70. The van der Waals surface area contributed by atoms with Gasteiger partial charge in [0.2, 0.25) is 0 Å². The zero-order valence-corrected chi connectivity index (χ0v) is 12.6. The molecule has 1 aromatic heterocycles. The van der Waals surface area contributed by atoms with E-state index in [0.717, 1.165) is 20.2 Å². The molecule has 0 saturated heterocycles. The van der Waals surface area contributed by atoms with Crippen LogP contribution in [0.4, 0.5) is 0 Å². The molecule has 0 aliphatic heterocycles. The third kappa shape index (κ3) is 2.88. The molecule has 0 radical (unpaired) electrons. The van der Waals surface area contributed by atoms with E-state index in [2.05, 4.69) is 36.8 Å². The molecule has 5 heteroatoms. The van der Waals surface area contributed by atoms with Crippen molar-refractivity contribution in [3.63, 3.8) is 0 Å². The molecule has 1 aromatic carbocycles. The number of nitrogens with zero attached hydrogens (tertiary/aromatic N) is 1. The van der Waals surface area contributed by atoms with E-state index in [1.165, 1.54) is 0 Å². The summed E-state index contributed by atoms with van der Waals surface area (Å²) in [6.45, 7) is 0. The van der Waals surface area contributed by atoms with Crippen LogP contribution in [-0.2, 0) is 0 Å². The predicted molar refractivity (Wildman–Crippen MR) is 77.1 cm³/mol. The lowest BCUT2D eigenvalue weighted by Crippen LogP contribution is -2.14. The van der Waals surface area contributed by atoms with Crippen molar-refractivity contribution in [2.24, 2.45) is 5.73 Å². The van der Waals surface area contributed by atoms with Crippen molar-refractivity contribution in [2.45, 2.75) is 6.04 Å². The van der Waals surface area contributed by atoms with Crippen LogP contribution in [0.25, 0.3) is 0 Å². The molecular formula is C12H9Br2ClN2. The van der Waals surface area contributed by atoms with Crippen LogP contribution in [0.5, 0.6) is 0 Å². The molecule has 0 aliphatic rings. The molecule has 88 valence electrons. The second-order valence-electron chi connectivity index (χ2n) is 3.52. The highest BCUT2D eigenvalue weighted by atomic mass is 79.9. The Labute approximate surface area is 121 Å². The van der Waals surface area contributed by atoms with Gasteiger partial charge in [0.05, 0.1) is 11.7 Å². The number of nitrogens with two attached hydrogens (primary N) is 1. The molecule has 1 atom stereocenters. The third-order valence-corrected chi connectivity index (χ3v) is 3.78. The summed E-state index contributed by atoms with van der Waals surface area (Å²) < 4.78 is 1.76. The van der Waals surface area contributed by atoms with Crippen LogP contribution >= 0.6 is 43.5 Å². The number of rotatable bonds is 2. The van der Waals surface area contributed by atoms with Gasteiger partial charge in [-0.25, -0.2) is 0 Å². The average molecular weight is 376 g/mol. The van der Waals surface area contributed by atoms with Gasteiger partial charge >= 0.3 is 0 Å². The molecule has 0 aliphatic carbocycles. The first kappa shape index (κ1) is 13.0. The number of hydrogen-bond acceptors (Lipinski definition) is 2. The smallest absolute Gasteiger partial charge is 0.0759 e. The minimum Gasteiger partial charge on any atom is -0.319 e. The molecular weight excluding hydrogens is 367 g/mol. The standard InChI is InChI=1S/C12H9Br2ClN2/c13-7-5-9(14)12(17-6-7)11(16)8-3-1-2-4-10(8)15/h1-6,11H,16H2. The summed E-state index contributed by atoms with van der Waals surface area (Å²) in [5, 5.41) is 0.650. The van der Waals surface area contributed by atoms with Gasteiger partial charge in [-0.1, -0.05) is 29.8 Å². The van der Waals surface area contributed by atoms with Gasteiger partial charge in [0, 0.05) is 20.2 Å². The monoisotopic (exact) mass is 374 g/mol. The van der Waals surface area contributed by atoms with Crippen LogP contribution in [0.3, 0.4) is 0 Å². The second kappa shape index (κ2) is 5.48. The molecule has 1 unspecified atom stereocenters. The minimum absolute atomic E-state index is 0.342. The fourth-order valence-corrected chi connectivity index (χ4v) is 3.02. The maximum Gasteiger partial charge on any atom is 0.0759 e. The van der Waals surface area contributed by atoms with Gasteiger partial charge in [-0.2, -0.15) is 0 Å². The zero-order valence-electron chi connectivity index (χ0n) is 8.70. The number of benzene rings is 1. The summed E-state index contributed by atoms with van der Waals surface area (Å²) in [6.07, 6.45) is 1.72. The van der Waals surface area contributed by atoms with Crippen molar-refractivity contribution in [2.75, 3.05) is 0 Å². The van der Waals surface area contributed by atoms with Gasteiger partial charge in [0.1, 0.15) is 0 Å². The Kier molecular flexibility index (Phi) is 4.20. The number of pyridine rings is 1. The van der Waals surface area contributed by atoms with Crippen molar-refractivity contribution < 1.29 is 0 Å². The van der Waals surface area contributed by atoms with Crippen molar-refractivity contribution in [3.8, 4) is 0 Å². The lowest BCUT2D eigenvalue weighted by molar-refractivity contribution is 0.821. The summed E-state index contributed by atoms with van der Waals surface area (Å²) >= 11 is 12.9. The molecule has 0 spiro atoms. The summed E-state index contributed by atoms with van der Waals surface area (Å²) in [5.41, 5.74) is 7.81. The van der Waals surface area contributed by atoms with Gasteiger partial charge in [-0.3, -0.25) is 4.98 Å². The molecule has 1 heterocycles. The van der Waals surface area contributed by atoms with E-state index in [1.807, 2.05) is 30.3 Å². The highest BCUT2D eigenvalue weighted by molar-refractivity contribution is 9.11. The highest BCUT2D eigenvalue weighted by Crippen LogP contribution is 2.30. The van der Waals surface area contributed by atoms with Crippen molar-refractivity contribution in [3.05, 3.63) is 61.8 Å². The van der Waals surface area contributed by atoms with E-state index in [0.29, 0.717) is 5.02 Å². The quantitative estimate of drug-likeness (QED) is 0.848. The number of halogens is 3. The molecule has 2 N–H and O–H groups in total. The largest absolute Gasteiger partial charge is 0.319 e. The Balaban J connectivity index is 2.44. The Bertz CT molecular complexity index is 546. The Morgan fingerprint density at radius 3 is 2.59 bits per heavy atom. The number of hydrogen-bond donors (Lipinski definition) is 1. The third-order valence-electron chi connectivity index (χ3n) is 2.37. The molecule has 0 amide bonds. The van der Waals surface area contributed by atoms with Crippen molar-refractivity contribution in [1.82, 2.24) is 4.98 Å². The fourth-order valence-electron chi connectivity index (χ4n) is 1.53. The first-order valence-electron chi connectivity index (χ1n) is 4.90. The van der Waals surface area contributed by atoms with E-state index in [4.69, 9.17) is 17.3 Å². The molecule has 2 rings (SSSR count). The Morgan fingerprint density at radius 2 is 1.94 bits per heavy atom. The van der Waals surface area contributed by atoms with Gasteiger partial charge in [-0.05, 0) is 49.6 Å². The normalized spacial score (nSPS) is 12.5. The Morgan fingerprint density at radius 1 is 1.24 bits per heavy atom. The van der Waals surface area contributed by atoms with Gasteiger partial charge in [0.25, 0.3) is 0 Å². The molecule has 2 aromatic rings. The van der Waals surface area contributed by atoms with Crippen LogP contribution in [0.15, 0.2) is 45.5 Å². The SMILES string of the molecule is NC(c1ccccc1Cl)c1ncc(Br)cc1Br. The van der Waals surface area contributed by atoms with Crippen LogP contribution in [-0.4, -0.2) is 4.98 Å². The lowest BCUT2D eigenvalue weighted by atomic mass is 10.0. The first-order valence-corrected chi connectivity index (χ1v) is 6.87. The van der Waals surface area contributed by atoms with E-state index < -0.39 is 0 Å². The summed E-state index contributed by atoms with van der Waals surface area (Å²) in [4.78, 5) is 4.32.